The quantitative estimate of drug-likeness (QED) is 0.573. The van der Waals surface area contributed by atoms with Crippen molar-refractivity contribution < 1.29 is 0 Å². The third-order valence-corrected chi connectivity index (χ3v) is 2.58. The Morgan fingerprint density at radius 2 is 2.36 bits per heavy atom. The molecule has 0 saturated carbocycles. The Balaban J connectivity index is 2.29. The number of nitrogens with zero attached hydrogens (tertiary/aromatic N) is 2. The number of rotatable bonds is 1. The maximum Gasteiger partial charge on any atom is 0.134 e. The highest BCUT2D eigenvalue weighted by molar-refractivity contribution is 5.56. The number of aromatic nitrogens is 2. The van der Waals surface area contributed by atoms with Crippen molar-refractivity contribution in [3.05, 3.63) is 18.8 Å². The second-order valence-corrected chi connectivity index (χ2v) is 3.60. The minimum absolute atomic E-state index is 0.0877. The van der Waals surface area contributed by atoms with Gasteiger partial charge in [-0.25, -0.2) is 9.97 Å². The molecule has 5 nitrogen and oxygen atoms in total. The summed E-state index contributed by atoms with van der Waals surface area (Å²) in [5, 5.41) is 3.18. The van der Waals surface area contributed by atoms with Crippen LogP contribution < -0.4 is 16.8 Å². The molecular weight excluding hydrogens is 178 g/mol. The van der Waals surface area contributed by atoms with Gasteiger partial charge in [0, 0.05) is 18.2 Å². The van der Waals surface area contributed by atoms with Crippen LogP contribution in [0, 0.1) is 12.8 Å². The minimum Gasteiger partial charge on any atom is -0.383 e. The van der Waals surface area contributed by atoms with Crippen molar-refractivity contribution in [2.45, 2.75) is 12.5 Å². The van der Waals surface area contributed by atoms with Gasteiger partial charge in [0.1, 0.15) is 18.0 Å². The van der Waals surface area contributed by atoms with Gasteiger partial charge in [0.25, 0.3) is 0 Å². The van der Waals surface area contributed by atoms with E-state index in [1.807, 2.05) is 0 Å². The Morgan fingerprint density at radius 1 is 1.57 bits per heavy atom. The van der Waals surface area contributed by atoms with E-state index < -0.39 is 0 Å². The fourth-order valence-corrected chi connectivity index (χ4v) is 1.64. The van der Waals surface area contributed by atoms with Gasteiger partial charge in [0.05, 0.1) is 0 Å². The van der Waals surface area contributed by atoms with Crippen molar-refractivity contribution in [3.8, 4) is 0 Å². The first-order chi connectivity index (χ1) is 6.68. The number of anilines is 2. The van der Waals surface area contributed by atoms with Crippen molar-refractivity contribution in [1.82, 2.24) is 9.97 Å². The molecule has 1 aromatic rings. The zero-order valence-electron chi connectivity index (χ0n) is 7.90. The SMILES string of the molecule is [CH2]C(N)C1CNc2ncnc(N)c2C1. The largest absolute Gasteiger partial charge is 0.383 e. The predicted octanol–water partition coefficient (Wildman–Crippen LogP) is -0.196. The molecule has 2 unspecified atom stereocenters. The van der Waals surface area contributed by atoms with Crippen molar-refractivity contribution >= 4 is 11.6 Å². The van der Waals surface area contributed by atoms with Crippen LogP contribution in [0.25, 0.3) is 0 Å². The normalized spacial score (nSPS) is 22.3. The monoisotopic (exact) mass is 192 g/mol. The third-order valence-electron chi connectivity index (χ3n) is 2.58. The van der Waals surface area contributed by atoms with Crippen LogP contribution in [-0.2, 0) is 6.42 Å². The Bertz CT molecular complexity index is 336. The highest BCUT2D eigenvalue weighted by Gasteiger charge is 2.23. The molecule has 5 N–H and O–H groups in total. The van der Waals surface area contributed by atoms with Gasteiger partial charge in [-0.2, -0.15) is 0 Å². The molecule has 1 aromatic heterocycles. The molecule has 0 spiro atoms. The molecule has 2 rings (SSSR count). The zero-order chi connectivity index (χ0) is 10.1. The van der Waals surface area contributed by atoms with Gasteiger partial charge >= 0.3 is 0 Å². The lowest BCUT2D eigenvalue weighted by atomic mass is 9.91. The third kappa shape index (κ3) is 1.50. The second kappa shape index (κ2) is 3.42. The summed E-state index contributed by atoms with van der Waals surface area (Å²) in [7, 11) is 0. The van der Waals surface area contributed by atoms with E-state index in [0.29, 0.717) is 11.7 Å². The van der Waals surface area contributed by atoms with Crippen LogP contribution in [-0.4, -0.2) is 22.6 Å². The molecule has 1 aliphatic rings. The van der Waals surface area contributed by atoms with Gasteiger partial charge in [-0.3, -0.25) is 0 Å². The summed E-state index contributed by atoms with van der Waals surface area (Å²) in [4.78, 5) is 8.06. The molecule has 0 aliphatic carbocycles. The Hall–Kier alpha value is -1.36. The van der Waals surface area contributed by atoms with Crippen molar-refractivity contribution in [3.63, 3.8) is 0 Å². The molecule has 0 aromatic carbocycles. The lowest BCUT2D eigenvalue weighted by Gasteiger charge is -2.27. The van der Waals surface area contributed by atoms with Crippen molar-refractivity contribution in [2.75, 3.05) is 17.6 Å². The fraction of sp³-hybridized carbons (Fsp3) is 0.444. The maximum absolute atomic E-state index is 5.75. The van der Waals surface area contributed by atoms with E-state index >= 15 is 0 Å². The molecule has 2 atom stereocenters. The standard InChI is InChI=1S/C9H14N5/c1-5(10)6-2-7-8(11)13-4-14-9(7)12-3-6/h4-6H,1-3,10H2,(H3,11,12,13,14). The molecular formula is C9H14N5. The Morgan fingerprint density at radius 3 is 3.07 bits per heavy atom. The van der Waals surface area contributed by atoms with Crippen LogP contribution in [0.1, 0.15) is 5.56 Å². The van der Waals surface area contributed by atoms with Crippen LogP contribution in [0.5, 0.6) is 0 Å². The van der Waals surface area contributed by atoms with E-state index in [1.165, 1.54) is 6.33 Å². The average molecular weight is 192 g/mol. The number of nitrogens with one attached hydrogen (secondary N) is 1. The highest BCUT2D eigenvalue weighted by Crippen LogP contribution is 2.26. The molecule has 5 heteroatoms. The van der Waals surface area contributed by atoms with E-state index in [0.717, 1.165) is 24.3 Å². The molecule has 0 saturated heterocycles. The first kappa shape index (κ1) is 9.21. The molecule has 0 bridgehead atoms. The van der Waals surface area contributed by atoms with Gasteiger partial charge in [-0.1, -0.05) is 0 Å². The molecule has 75 valence electrons. The maximum atomic E-state index is 5.75. The van der Waals surface area contributed by atoms with E-state index in [1.54, 1.807) is 0 Å². The van der Waals surface area contributed by atoms with Crippen LogP contribution in [0.15, 0.2) is 6.33 Å². The van der Waals surface area contributed by atoms with E-state index in [4.69, 9.17) is 11.5 Å². The number of fused-ring (bicyclic) bond motifs is 1. The number of hydrogen-bond donors (Lipinski definition) is 3. The first-order valence-electron chi connectivity index (χ1n) is 4.60. The summed E-state index contributed by atoms with van der Waals surface area (Å²) in [5.41, 5.74) is 12.5. The Kier molecular flexibility index (Phi) is 2.25. The molecule has 1 aliphatic heterocycles. The summed E-state index contributed by atoms with van der Waals surface area (Å²) < 4.78 is 0. The second-order valence-electron chi connectivity index (χ2n) is 3.60. The Labute approximate surface area is 82.9 Å². The lowest BCUT2D eigenvalue weighted by molar-refractivity contribution is 0.479. The number of hydrogen-bond acceptors (Lipinski definition) is 5. The van der Waals surface area contributed by atoms with E-state index in [9.17, 15) is 0 Å². The molecule has 0 amide bonds. The van der Waals surface area contributed by atoms with E-state index in [-0.39, 0.29) is 6.04 Å². The average Bonchev–Trinajstić information content (AvgIpc) is 2.18. The highest BCUT2D eigenvalue weighted by atomic mass is 15.1. The van der Waals surface area contributed by atoms with Gasteiger partial charge in [0.2, 0.25) is 0 Å². The lowest BCUT2D eigenvalue weighted by Crippen LogP contribution is -2.37. The number of nitrogen functional groups attached to an aromatic ring is 1. The smallest absolute Gasteiger partial charge is 0.134 e. The van der Waals surface area contributed by atoms with Crippen LogP contribution in [0.4, 0.5) is 11.6 Å². The zero-order valence-corrected chi connectivity index (χ0v) is 7.90. The van der Waals surface area contributed by atoms with Gasteiger partial charge in [0.15, 0.2) is 0 Å². The van der Waals surface area contributed by atoms with Gasteiger partial charge < -0.3 is 16.8 Å². The summed E-state index contributed by atoms with van der Waals surface area (Å²) in [6, 6.07) is -0.0877. The summed E-state index contributed by atoms with van der Waals surface area (Å²) in [6.07, 6.45) is 2.27. The van der Waals surface area contributed by atoms with E-state index in [2.05, 4.69) is 22.2 Å². The van der Waals surface area contributed by atoms with Crippen molar-refractivity contribution in [1.29, 1.82) is 0 Å². The van der Waals surface area contributed by atoms with Crippen LogP contribution >= 0.6 is 0 Å². The van der Waals surface area contributed by atoms with Crippen LogP contribution in [0.2, 0.25) is 0 Å². The van der Waals surface area contributed by atoms with Crippen molar-refractivity contribution in [2.24, 2.45) is 11.7 Å². The van der Waals surface area contributed by atoms with Gasteiger partial charge in [-0.05, 0) is 19.3 Å². The fourth-order valence-electron chi connectivity index (χ4n) is 1.64. The minimum atomic E-state index is -0.0877. The predicted molar refractivity (Wildman–Crippen MR) is 55.5 cm³/mol. The molecule has 2 heterocycles. The molecule has 1 radical (unpaired) electrons. The van der Waals surface area contributed by atoms with Crippen LogP contribution in [0.3, 0.4) is 0 Å². The first-order valence-corrected chi connectivity index (χ1v) is 4.60. The summed E-state index contributed by atoms with van der Waals surface area (Å²) >= 11 is 0. The van der Waals surface area contributed by atoms with Gasteiger partial charge in [-0.15, -0.1) is 0 Å². The summed E-state index contributed by atoms with van der Waals surface area (Å²) in [6.45, 7) is 4.62. The molecule has 0 fully saturated rings. The molecule has 14 heavy (non-hydrogen) atoms. The topological polar surface area (TPSA) is 89.8 Å². The number of nitrogens with two attached hydrogens (primary N) is 2. The summed E-state index contributed by atoms with van der Waals surface area (Å²) in [5.74, 6) is 1.66.